The molecule has 102 valence electrons. The van der Waals surface area contributed by atoms with E-state index in [2.05, 4.69) is 21.9 Å². The fraction of sp³-hybridized carbons (Fsp3) is 0.250. The van der Waals surface area contributed by atoms with Crippen molar-refractivity contribution in [1.82, 2.24) is 0 Å². The van der Waals surface area contributed by atoms with E-state index in [1.54, 1.807) is 0 Å². The molecule has 4 heteroatoms. The van der Waals surface area contributed by atoms with Gasteiger partial charge in [-0.3, -0.25) is 4.79 Å². The summed E-state index contributed by atoms with van der Waals surface area (Å²) < 4.78 is 4.34. The van der Waals surface area contributed by atoms with Crippen LogP contribution in [0.2, 0.25) is 0 Å². The molecule has 3 rings (SSSR count). The highest BCUT2D eigenvalue weighted by molar-refractivity contribution is 8.02. The minimum absolute atomic E-state index is 0.0897. The highest BCUT2D eigenvalue weighted by Gasteiger charge is 2.32. The summed E-state index contributed by atoms with van der Waals surface area (Å²) in [6.07, 6.45) is 7.01. The molecule has 1 heterocycles. The molecule has 1 amide bonds. The zero-order valence-electron chi connectivity index (χ0n) is 11.5. The molecule has 2 aliphatic rings. The van der Waals surface area contributed by atoms with Crippen molar-refractivity contribution in [2.75, 3.05) is 5.32 Å². The Morgan fingerprint density at radius 2 is 2.25 bits per heavy atom. The average molecular weight is 284 g/mol. The number of carbonyl (C=O) groups is 1. The van der Waals surface area contributed by atoms with Gasteiger partial charge in [0, 0.05) is 28.5 Å². The van der Waals surface area contributed by atoms with Gasteiger partial charge in [0.1, 0.15) is 5.71 Å². The second kappa shape index (κ2) is 5.29. The third-order valence-electron chi connectivity index (χ3n) is 3.55. The Labute approximate surface area is 123 Å². The second-order valence-electron chi connectivity index (χ2n) is 5.13. The van der Waals surface area contributed by atoms with Crippen molar-refractivity contribution in [3.05, 3.63) is 52.5 Å². The van der Waals surface area contributed by atoms with Crippen LogP contribution in [-0.2, 0) is 4.79 Å². The third kappa shape index (κ3) is 2.43. The molecule has 1 aromatic rings. The van der Waals surface area contributed by atoms with Gasteiger partial charge in [-0.05, 0) is 31.9 Å². The highest BCUT2D eigenvalue weighted by atomic mass is 32.2. The fourth-order valence-electron chi connectivity index (χ4n) is 2.46. The summed E-state index contributed by atoms with van der Waals surface area (Å²) in [7, 11) is 0. The molecule has 20 heavy (non-hydrogen) atoms. The first kappa shape index (κ1) is 13.2. The molecule has 0 radical (unpaired) electrons. The van der Waals surface area contributed by atoms with Gasteiger partial charge in [-0.1, -0.05) is 35.9 Å². The number of aryl methyl sites for hydroxylation is 2. The Bertz CT molecular complexity index is 658. The number of nitrogens with zero attached hydrogens (tertiary/aromatic N) is 1. The van der Waals surface area contributed by atoms with E-state index in [-0.39, 0.29) is 11.8 Å². The van der Waals surface area contributed by atoms with Crippen LogP contribution in [0.4, 0.5) is 5.69 Å². The van der Waals surface area contributed by atoms with Crippen LogP contribution in [0.15, 0.2) is 45.7 Å². The van der Waals surface area contributed by atoms with Gasteiger partial charge in [0.2, 0.25) is 0 Å². The standard InChI is InChI=1S/C16H16N2OS/c1-10-7-8-13(11(2)9-10)17-16(19)15-12-5-3-4-6-14(12)20-18-15/h3-4,6-9,12H,5H2,1-2H3,(H,17,19). The van der Waals surface area contributed by atoms with E-state index in [1.807, 2.05) is 38.1 Å². The van der Waals surface area contributed by atoms with Gasteiger partial charge in [0.25, 0.3) is 5.91 Å². The number of hydrogen-bond acceptors (Lipinski definition) is 3. The number of nitrogens with one attached hydrogen (secondary N) is 1. The van der Waals surface area contributed by atoms with Crippen molar-refractivity contribution < 1.29 is 4.79 Å². The quantitative estimate of drug-likeness (QED) is 0.839. The number of benzene rings is 1. The molecule has 1 atom stereocenters. The van der Waals surface area contributed by atoms with E-state index in [9.17, 15) is 4.79 Å². The zero-order chi connectivity index (χ0) is 14.1. The zero-order valence-corrected chi connectivity index (χ0v) is 12.3. The summed E-state index contributed by atoms with van der Waals surface area (Å²) >= 11 is 1.42. The largest absolute Gasteiger partial charge is 0.321 e. The minimum atomic E-state index is -0.0897. The van der Waals surface area contributed by atoms with Gasteiger partial charge in [-0.2, -0.15) is 0 Å². The average Bonchev–Trinajstić information content (AvgIpc) is 2.86. The fourth-order valence-corrected chi connectivity index (χ4v) is 3.34. The van der Waals surface area contributed by atoms with Crippen LogP contribution < -0.4 is 5.32 Å². The van der Waals surface area contributed by atoms with Crippen LogP contribution in [0.25, 0.3) is 0 Å². The van der Waals surface area contributed by atoms with Gasteiger partial charge in [0.15, 0.2) is 0 Å². The lowest BCUT2D eigenvalue weighted by molar-refractivity contribution is -0.110. The Morgan fingerprint density at radius 1 is 1.40 bits per heavy atom. The number of rotatable bonds is 2. The summed E-state index contributed by atoms with van der Waals surface area (Å²) in [5.41, 5.74) is 3.75. The lowest BCUT2D eigenvalue weighted by Gasteiger charge is -2.15. The van der Waals surface area contributed by atoms with Crippen LogP contribution >= 0.6 is 11.9 Å². The van der Waals surface area contributed by atoms with E-state index in [0.717, 1.165) is 17.7 Å². The van der Waals surface area contributed by atoms with Crippen molar-refractivity contribution >= 4 is 29.3 Å². The molecular weight excluding hydrogens is 268 g/mol. The normalized spacial score (nSPS) is 20.2. The predicted molar refractivity (Wildman–Crippen MR) is 84.9 cm³/mol. The van der Waals surface area contributed by atoms with Crippen molar-refractivity contribution in [3.8, 4) is 0 Å². The molecule has 0 fully saturated rings. The number of carbonyl (C=O) groups excluding carboxylic acids is 1. The van der Waals surface area contributed by atoms with Crippen LogP contribution in [0.3, 0.4) is 0 Å². The maximum Gasteiger partial charge on any atom is 0.271 e. The van der Waals surface area contributed by atoms with E-state index in [4.69, 9.17) is 0 Å². The minimum Gasteiger partial charge on any atom is -0.321 e. The van der Waals surface area contributed by atoms with E-state index >= 15 is 0 Å². The Hall–Kier alpha value is -1.81. The van der Waals surface area contributed by atoms with E-state index in [1.165, 1.54) is 22.4 Å². The van der Waals surface area contributed by atoms with E-state index < -0.39 is 0 Å². The Morgan fingerprint density at radius 3 is 3.05 bits per heavy atom. The molecule has 0 saturated heterocycles. The van der Waals surface area contributed by atoms with Gasteiger partial charge in [0.05, 0.1) is 0 Å². The summed E-state index contributed by atoms with van der Waals surface area (Å²) in [4.78, 5) is 13.6. The van der Waals surface area contributed by atoms with Crippen molar-refractivity contribution in [2.24, 2.45) is 10.3 Å². The lowest BCUT2D eigenvalue weighted by Crippen LogP contribution is -2.28. The number of anilines is 1. The van der Waals surface area contributed by atoms with Gasteiger partial charge in [-0.15, -0.1) is 0 Å². The molecule has 3 nitrogen and oxygen atoms in total. The number of allylic oxidation sites excluding steroid dienone is 4. The molecule has 1 aliphatic heterocycles. The van der Waals surface area contributed by atoms with Crippen LogP contribution in [0.1, 0.15) is 17.5 Å². The molecular formula is C16H16N2OS. The summed E-state index contributed by atoms with van der Waals surface area (Å²) in [5, 5.41) is 2.98. The Kier molecular flexibility index (Phi) is 3.49. The van der Waals surface area contributed by atoms with Crippen LogP contribution in [-0.4, -0.2) is 11.6 Å². The smallest absolute Gasteiger partial charge is 0.271 e. The molecule has 0 bridgehead atoms. The summed E-state index contributed by atoms with van der Waals surface area (Å²) in [6, 6.07) is 6.01. The van der Waals surface area contributed by atoms with Gasteiger partial charge in [-0.25, -0.2) is 4.40 Å². The molecule has 1 N–H and O–H groups in total. The topological polar surface area (TPSA) is 41.5 Å². The van der Waals surface area contributed by atoms with Crippen LogP contribution in [0.5, 0.6) is 0 Å². The highest BCUT2D eigenvalue weighted by Crippen LogP contribution is 2.38. The molecule has 1 aromatic carbocycles. The van der Waals surface area contributed by atoms with Crippen molar-refractivity contribution in [3.63, 3.8) is 0 Å². The number of amides is 1. The summed E-state index contributed by atoms with van der Waals surface area (Å²) in [5.74, 6) is 0.0453. The first-order valence-electron chi connectivity index (χ1n) is 6.65. The molecule has 0 aromatic heterocycles. The number of hydrogen-bond donors (Lipinski definition) is 1. The van der Waals surface area contributed by atoms with Gasteiger partial charge < -0.3 is 5.32 Å². The first-order valence-corrected chi connectivity index (χ1v) is 7.43. The molecule has 1 unspecified atom stereocenters. The lowest BCUT2D eigenvalue weighted by atomic mass is 9.94. The maximum atomic E-state index is 12.4. The second-order valence-corrected chi connectivity index (χ2v) is 5.96. The maximum absolute atomic E-state index is 12.4. The monoisotopic (exact) mass is 284 g/mol. The van der Waals surface area contributed by atoms with E-state index in [0.29, 0.717) is 5.71 Å². The molecule has 1 aliphatic carbocycles. The van der Waals surface area contributed by atoms with Crippen LogP contribution in [0, 0.1) is 19.8 Å². The van der Waals surface area contributed by atoms with Gasteiger partial charge >= 0.3 is 0 Å². The third-order valence-corrected chi connectivity index (χ3v) is 4.47. The molecule has 0 saturated carbocycles. The Balaban J connectivity index is 1.77. The van der Waals surface area contributed by atoms with Crippen molar-refractivity contribution in [2.45, 2.75) is 20.3 Å². The first-order chi connectivity index (χ1) is 9.65. The number of fused-ring (bicyclic) bond motifs is 1. The molecule has 0 spiro atoms. The summed E-state index contributed by atoms with van der Waals surface area (Å²) in [6.45, 7) is 4.05. The SMILES string of the molecule is Cc1ccc(NC(=O)C2=NSC3=CC=CCC32)c(C)c1. The van der Waals surface area contributed by atoms with Crippen molar-refractivity contribution in [1.29, 1.82) is 0 Å². The predicted octanol–water partition coefficient (Wildman–Crippen LogP) is 3.80.